The molecule has 0 unspecified atom stereocenters. The van der Waals surface area contributed by atoms with Crippen LogP contribution in [0, 0.1) is 0 Å². The van der Waals surface area contributed by atoms with Crippen molar-refractivity contribution in [1.82, 2.24) is 19.9 Å². The van der Waals surface area contributed by atoms with E-state index >= 15 is 0 Å². The average molecular weight is 793 g/mol. The zero-order chi connectivity index (χ0) is 31.3. The number of pyridine rings is 4. The van der Waals surface area contributed by atoms with Crippen LogP contribution in [0.4, 0.5) is 10.6 Å². The van der Waals surface area contributed by atoms with E-state index in [0.717, 1.165) is 54.1 Å². The van der Waals surface area contributed by atoms with Crippen molar-refractivity contribution in [2.45, 2.75) is 24.0 Å². The van der Waals surface area contributed by atoms with E-state index < -0.39 is 17.2 Å². The van der Waals surface area contributed by atoms with Crippen molar-refractivity contribution in [3.63, 3.8) is 0 Å². The summed E-state index contributed by atoms with van der Waals surface area (Å²) in [6.45, 7) is 1.90. The second kappa shape index (κ2) is 14.1. The minimum Gasteiger partial charge on any atom is -0.380 e. The topological polar surface area (TPSA) is 157 Å². The van der Waals surface area contributed by atoms with Crippen molar-refractivity contribution in [1.29, 1.82) is 0 Å². The van der Waals surface area contributed by atoms with Gasteiger partial charge in [-0.25, -0.2) is 9.78 Å². The number of primary amides is 1. The number of aromatic nitrogens is 4. The van der Waals surface area contributed by atoms with E-state index in [4.69, 9.17) is 15.2 Å². The molecule has 14 heteroatoms. The number of nitrogens with zero attached hydrogens (tertiary/aromatic N) is 5. The molecule has 0 aromatic carbocycles. The zero-order valence-electron chi connectivity index (χ0n) is 23.4. The number of carbonyl (C=O) groups excluding carboxylic acids is 1. The lowest BCUT2D eigenvalue weighted by molar-refractivity contribution is -0.184. The molecule has 230 valence electrons. The van der Waals surface area contributed by atoms with E-state index in [2.05, 4.69) is 67.7 Å². The number of rotatable bonds is 3. The summed E-state index contributed by atoms with van der Waals surface area (Å²) < 4.78 is 12.9. The Balaban J connectivity index is 0.000000158. The summed E-state index contributed by atoms with van der Waals surface area (Å²) in [5, 5.41) is 20.2. The normalized spacial score (nSPS) is 17.3. The summed E-state index contributed by atoms with van der Waals surface area (Å²) in [5.74, 6) is 0.632. The molecule has 0 bridgehead atoms. The molecular formula is C30H29Br3N6O5. The molecule has 44 heavy (non-hydrogen) atoms. The molecule has 4 aromatic rings. The first kappa shape index (κ1) is 32.5. The Morgan fingerprint density at radius 3 is 1.77 bits per heavy atom. The maximum absolute atomic E-state index is 11.5. The van der Waals surface area contributed by atoms with Crippen molar-refractivity contribution in [2.75, 3.05) is 37.9 Å². The molecule has 3 aliphatic heterocycles. The van der Waals surface area contributed by atoms with Crippen LogP contribution in [-0.2, 0) is 27.1 Å². The van der Waals surface area contributed by atoms with Crippen LogP contribution in [0.25, 0.3) is 11.1 Å². The SMILES string of the molecule is Brc1cncc(Br)c1.NC(=O)N1CCCc2cc(-c3cncc(C4(O)COC4)c3)cnc21.OC1(c2cncc(Br)c2)COC1. The number of nitrogens with two attached hydrogens (primary N) is 1. The standard InChI is InChI=1S/C17H18N4O3.C8H8BrNO2.C5H3Br2N/c18-16(22)21-3-1-2-11-4-12(7-20-15(11)21)13-5-14(8-19-6-13)17(23)9-24-10-17;9-7-1-6(2-10-3-7)8(11)4-12-5-8;6-4-1-5(7)3-8-2-4/h4-8,23H,1-3,9-10H2,(H2,18,22);1-3,11H,4-5H2;1-3H. The lowest BCUT2D eigenvalue weighted by Crippen LogP contribution is -2.46. The first-order valence-electron chi connectivity index (χ1n) is 13.6. The molecule has 2 amide bonds. The summed E-state index contributed by atoms with van der Waals surface area (Å²) in [7, 11) is 0. The van der Waals surface area contributed by atoms with E-state index in [0.29, 0.717) is 25.6 Å². The molecule has 0 spiro atoms. The Labute approximate surface area is 279 Å². The molecule has 3 aliphatic rings. The Morgan fingerprint density at radius 2 is 1.27 bits per heavy atom. The van der Waals surface area contributed by atoms with Gasteiger partial charge in [0.2, 0.25) is 0 Å². The molecule has 7 heterocycles. The Kier molecular flexibility index (Phi) is 10.4. The summed E-state index contributed by atoms with van der Waals surface area (Å²) in [4.78, 5) is 29.6. The predicted octanol–water partition coefficient (Wildman–Crippen LogP) is 4.86. The third-order valence-electron chi connectivity index (χ3n) is 7.18. The fourth-order valence-corrected chi connectivity index (χ4v) is 6.07. The van der Waals surface area contributed by atoms with Crippen LogP contribution in [-0.4, -0.2) is 69.2 Å². The fourth-order valence-electron chi connectivity index (χ4n) is 4.66. The van der Waals surface area contributed by atoms with Crippen molar-refractivity contribution < 1.29 is 24.5 Å². The molecule has 4 aromatic heterocycles. The Hall–Kier alpha value is -2.85. The van der Waals surface area contributed by atoms with E-state index in [1.165, 1.54) is 4.90 Å². The Bertz CT molecular complexity index is 1620. The molecule has 0 aliphatic carbocycles. The minimum absolute atomic E-state index is 0.286. The number of amides is 2. The second-order valence-electron chi connectivity index (χ2n) is 10.5. The number of halogens is 3. The van der Waals surface area contributed by atoms with Crippen LogP contribution in [0.2, 0.25) is 0 Å². The van der Waals surface area contributed by atoms with Gasteiger partial charge in [-0.15, -0.1) is 0 Å². The summed E-state index contributed by atoms with van der Waals surface area (Å²) in [5.41, 5.74) is 7.98. The van der Waals surface area contributed by atoms with Gasteiger partial charge in [-0.1, -0.05) is 0 Å². The smallest absolute Gasteiger partial charge is 0.320 e. The number of ether oxygens (including phenoxy) is 2. The molecule has 4 N–H and O–H groups in total. The van der Waals surface area contributed by atoms with E-state index in [-0.39, 0.29) is 13.2 Å². The van der Waals surface area contributed by atoms with Crippen LogP contribution in [0.5, 0.6) is 0 Å². The van der Waals surface area contributed by atoms with Gasteiger partial charge in [-0.05, 0) is 90.5 Å². The number of fused-ring (bicyclic) bond motifs is 1. The molecular weight excluding hydrogens is 764 g/mol. The number of carbonyl (C=O) groups is 1. The maximum atomic E-state index is 11.5. The molecule has 2 saturated heterocycles. The summed E-state index contributed by atoms with van der Waals surface area (Å²) in [6.07, 6.45) is 13.6. The first-order valence-corrected chi connectivity index (χ1v) is 15.9. The van der Waals surface area contributed by atoms with Gasteiger partial charge in [-0.2, -0.15) is 0 Å². The Morgan fingerprint density at radius 1 is 0.750 bits per heavy atom. The number of aliphatic hydroxyl groups is 2. The third kappa shape index (κ3) is 7.68. The van der Waals surface area contributed by atoms with Gasteiger partial charge in [0, 0.05) is 85.6 Å². The lowest BCUT2D eigenvalue weighted by atomic mass is 9.91. The predicted molar refractivity (Wildman–Crippen MR) is 174 cm³/mol. The highest BCUT2D eigenvalue weighted by molar-refractivity contribution is 9.11. The third-order valence-corrected chi connectivity index (χ3v) is 8.48. The van der Waals surface area contributed by atoms with Crippen LogP contribution < -0.4 is 10.6 Å². The van der Waals surface area contributed by atoms with Gasteiger partial charge in [-0.3, -0.25) is 19.9 Å². The van der Waals surface area contributed by atoms with Crippen LogP contribution in [0.1, 0.15) is 23.1 Å². The average Bonchev–Trinajstić information content (AvgIpc) is 2.98. The van der Waals surface area contributed by atoms with Crippen molar-refractivity contribution >= 4 is 59.6 Å². The van der Waals surface area contributed by atoms with Gasteiger partial charge in [0.15, 0.2) is 0 Å². The summed E-state index contributed by atoms with van der Waals surface area (Å²) in [6, 6.07) is 7.24. The number of anilines is 1. The van der Waals surface area contributed by atoms with E-state index in [1.807, 2.05) is 24.3 Å². The first-order chi connectivity index (χ1) is 21.1. The molecule has 0 saturated carbocycles. The number of aryl methyl sites for hydroxylation is 1. The van der Waals surface area contributed by atoms with Gasteiger partial charge >= 0.3 is 6.03 Å². The zero-order valence-corrected chi connectivity index (χ0v) is 28.1. The van der Waals surface area contributed by atoms with Crippen molar-refractivity contribution in [3.05, 3.63) is 97.8 Å². The van der Waals surface area contributed by atoms with Gasteiger partial charge in [0.05, 0.1) is 26.4 Å². The van der Waals surface area contributed by atoms with Crippen LogP contribution in [0.3, 0.4) is 0 Å². The largest absolute Gasteiger partial charge is 0.380 e. The van der Waals surface area contributed by atoms with Crippen molar-refractivity contribution in [2.24, 2.45) is 5.73 Å². The number of hydrogen-bond acceptors (Lipinski definition) is 9. The maximum Gasteiger partial charge on any atom is 0.320 e. The van der Waals surface area contributed by atoms with Gasteiger partial charge in [0.25, 0.3) is 0 Å². The molecule has 11 nitrogen and oxygen atoms in total. The van der Waals surface area contributed by atoms with Crippen LogP contribution in [0.15, 0.2) is 81.1 Å². The molecule has 7 rings (SSSR count). The number of hydrogen-bond donors (Lipinski definition) is 3. The minimum atomic E-state index is -0.951. The number of urea groups is 1. The highest BCUT2D eigenvalue weighted by atomic mass is 79.9. The molecule has 0 atom stereocenters. The molecule has 2 fully saturated rings. The molecule has 0 radical (unpaired) electrons. The van der Waals surface area contributed by atoms with Gasteiger partial charge in [0.1, 0.15) is 17.0 Å². The monoisotopic (exact) mass is 790 g/mol. The summed E-state index contributed by atoms with van der Waals surface area (Å²) >= 11 is 9.83. The van der Waals surface area contributed by atoms with Crippen LogP contribution >= 0.6 is 47.8 Å². The van der Waals surface area contributed by atoms with Gasteiger partial charge < -0.3 is 25.4 Å². The second-order valence-corrected chi connectivity index (χ2v) is 13.3. The van der Waals surface area contributed by atoms with E-state index in [9.17, 15) is 15.0 Å². The quantitative estimate of drug-likeness (QED) is 0.264. The highest BCUT2D eigenvalue weighted by Crippen LogP contribution is 2.33. The lowest BCUT2D eigenvalue weighted by Gasteiger charge is -2.36. The fraction of sp³-hybridized carbons (Fsp3) is 0.300. The van der Waals surface area contributed by atoms with Crippen molar-refractivity contribution in [3.8, 4) is 11.1 Å². The highest BCUT2D eigenvalue weighted by Gasteiger charge is 2.39. The van der Waals surface area contributed by atoms with E-state index in [1.54, 1.807) is 43.4 Å².